The molecule has 0 unspecified atom stereocenters. The molecule has 24 heavy (non-hydrogen) atoms. The quantitative estimate of drug-likeness (QED) is 0.768. The van der Waals surface area contributed by atoms with Crippen molar-refractivity contribution >= 4 is 27.5 Å². The van der Waals surface area contributed by atoms with Crippen LogP contribution in [0.2, 0.25) is 5.02 Å². The van der Waals surface area contributed by atoms with Crippen LogP contribution in [0, 0.1) is 0 Å². The van der Waals surface area contributed by atoms with Gasteiger partial charge in [0.05, 0.1) is 11.1 Å². The van der Waals surface area contributed by atoms with Gasteiger partial charge in [0.1, 0.15) is 10.6 Å². The highest BCUT2D eigenvalue weighted by Crippen LogP contribution is 2.19. The smallest absolute Gasteiger partial charge is 0.266 e. The molecule has 2 N–H and O–H groups in total. The summed E-state index contributed by atoms with van der Waals surface area (Å²) in [5, 5.41) is 0.0643. The molecule has 0 radical (unpaired) electrons. The molecule has 0 aliphatic heterocycles. The van der Waals surface area contributed by atoms with Crippen molar-refractivity contribution in [1.82, 2.24) is 10.3 Å². The van der Waals surface area contributed by atoms with Crippen molar-refractivity contribution in [3.63, 3.8) is 0 Å². The zero-order chi connectivity index (χ0) is 17.7. The van der Waals surface area contributed by atoms with Gasteiger partial charge < -0.3 is 4.74 Å². The molecule has 2 rings (SSSR count). The number of amides is 1. The number of hydrogen-bond donors (Lipinski definition) is 2. The summed E-state index contributed by atoms with van der Waals surface area (Å²) in [4.78, 5) is 13.9. The lowest BCUT2D eigenvalue weighted by atomic mass is 10.2. The second kappa shape index (κ2) is 7.65. The molecule has 128 valence electrons. The SMILES string of the molecule is CC(C)Oc1ccc(C(=O)NNS(=O)(=O)c2ccccc2Cl)cc1. The van der Waals surface area contributed by atoms with Crippen LogP contribution < -0.4 is 15.0 Å². The van der Waals surface area contributed by atoms with Crippen LogP contribution in [0.15, 0.2) is 53.4 Å². The van der Waals surface area contributed by atoms with Crippen LogP contribution >= 0.6 is 11.6 Å². The molecule has 1 amide bonds. The Balaban J connectivity index is 2.04. The van der Waals surface area contributed by atoms with Crippen molar-refractivity contribution in [3.8, 4) is 5.75 Å². The van der Waals surface area contributed by atoms with Crippen molar-refractivity contribution in [1.29, 1.82) is 0 Å². The standard InChI is InChI=1S/C16H17ClN2O4S/c1-11(2)23-13-9-7-12(8-10-13)16(20)18-19-24(21,22)15-6-4-3-5-14(15)17/h3-11,19H,1-2H3,(H,18,20). The van der Waals surface area contributed by atoms with E-state index in [1.54, 1.807) is 18.2 Å². The second-order valence-corrected chi connectivity index (χ2v) is 7.24. The van der Waals surface area contributed by atoms with E-state index < -0.39 is 15.9 Å². The molecular formula is C16H17ClN2O4S. The lowest BCUT2D eigenvalue weighted by molar-refractivity contribution is 0.0945. The molecule has 8 heteroatoms. The summed E-state index contributed by atoms with van der Waals surface area (Å²) in [7, 11) is -3.96. The van der Waals surface area contributed by atoms with Crippen LogP contribution in [0.1, 0.15) is 24.2 Å². The maximum Gasteiger partial charge on any atom is 0.266 e. The topological polar surface area (TPSA) is 84.5 Å². The molecule has 0 atom stereocenters. The lowest BCUT2D eigenvalue weighted by Gasteiger charge is -2.11. The first-order valence-electron chi connectivity index (χ1n) is 7.13. The average Bonchev–Trinajstić information content (AvgIpc) is 2.53. The van der Waals surface area contributed by atoms with Crippen LogP contribution in [-0.4, -0.2) is 20.4 Å². The van der Waals surface area contributed by atoms with Crippen molar-refractivity contribution in [3.05, 3.63) is 59.1 Å². The van der Waals surface area contributed by atoms with Gasteiger partial charge in [0.2, 0.25) is 0 Å². The Morgan fingerprint density at radius 1 is 1.08 bits per heavy atom. The minimum Gasteiger partial charge on any atom is -0.491 e. The molecule has 0 spiro atoms. The summed E-state index contributed by atoms with van der Waals surface area (Å²) < 4.78 is 29.7. The second-order valence-electron chi connectivity index (χ2n) is 5.18. The maximum atomic E-state index is 12.1. The van der Waals surface area contributed by atoms with Gasteiger partial charge in [-0.2, -0.15) is 0 Å². The van der Waals surface area contributed by atoms with Crippen LogP contribution in [0.3, 0.4) is 0 Å². The average molecular weight is 369 g/mol. The van der Waals surface area contributed by atoms with Crippen molar-refractivity contribution in [2.45, 2.75) is 24.8 Å². The van der Waals surface area contributed by atoms with E-state index in [1.165, 1.54) is 30.3 Å². The summed E-state index contributed by atoms with van der Waals surface area (Å²) in [6, 6.07) is 12.3. The number of halogens is 1. The van der Waals surface area contributed by atoms with Crippen LogP contribution in [0.4, 0.5) is 0 Å². The Morgan fingerprint density at radius 2 is 1.71 bits per heavy atom. The first-order chi connectivity index (χ1) is 11.3. The number of benzene rings is 2. The predicted molar refractivity (Wildman–Crippen MR) is 91.4 cm³/mol. The molecule has 0 aliphatic carbocycles. The molecule has 2 aromatic rings. The predicted octanol–water partition coefficient (Wildman–Crippen LogP) is 2.75. The first-order valence-corrected chi connectivity index (χ1v) is 8.99. The molecule has 0 saturated heterocycles. The number of hydrogen-bond acceptors (Lipinski definition) is 4. The van der Waals surface area contributed by atoms with Crippen LogP contribution in [-0.2, 0) is 10.0 Å². The Bertz CT molecular complexity index is 820. The molecule has 2 aromatic carbocycles. The van der Waals surface area contributed by atoms with E-state index >= 15 is 0 Å². The van der Waals surface area contributed by atoms with Gasteiger partial charge in [-0.15, -0.1) is 4.83 Å². The van der Waals surface area contributed by atoms with E-state index in [0.717, 1.165) is 0 Å². The van der Waals surface area contributed by atoms with Crippen LogP contribution in [0.5, 0.6) is 5.75 Å². The van der Waals surface area contributed by atoms with E-state index in [-0.39, 0.29) is 21.6 Å². The molecule has 0 fully saturated rings. The number of nitrogens with one attached hydrogen (secondary N) is 2. The number of hydrazine groups is 1. The fourth-order valence-corrected chi connectivity index (χ4v) is 3.22. The van der Waals surface area contributed by atoms with Gasteiger partial charge in [0.25, 0.3) is 15.9 Å². The van der Waals surface area contributed by atoms with E-state index in [1.807, 2.05) is 18.7 Å². The molecule has 6 nitrogen and oxygen atoms in total. The third kappa shape index (κ3) is 4.70. The molecule has 0 aromatic heterocycles. The summed E-state index contributed by atoms with van der Waals surface area (Å²) in [6.07, 6.45) is 0.0205. The summed E-state index contributed by atoms with van der Waals surface area (Å²) in [5.74, 6) is 0.0277. The van der Waals surface area contributed by atoms with E-state index in [0.29, 0.717) is 5.75 Å². The van der Waals surface area contributed by atoms with Gasteiger partial charge in [-0.1, -0.05) is 23.7 Å². The van der Waals surface area contributed by atoms with E-state index in [9.17, 15) is 13.2 Å². The third-order valence-corrected chi connectivity index (χ3v) is 4.66. The monoisotopic (exact) mass is 368 g/mol. The third-order valence-electron chi connectivity index (χ3n) is 2.91. The number of rotatable bonds is 6. The molecule has 0 saturated carbocycles. The maximum absolute atomic E-state index is 12.1. The highest BCUT2D eigenvalue weighted by Gasteiger charge is 2.18. The number of carbonyl (C=O) groups is 1. The van der Waals surface area contributed by atoms with Crippen molar-refractivity contribution in [2.24, 2.45) is 0 Å². The Hall–Kier alpha value is -2.09. The summed E-state index contributed by atoms with van der Waals surface area (Å²) in [5.41, 5.74) is 2.43. The molecule has 0 aliphatic rings. The fourth-order valence-electron chi connectivity index (χ4n) is 1.86. The Morgan fingerprint density at radius 3 is 2.29 bits per heavy atom. The van der Waals surface area contributed by atoms with Crippen molar-refractivity contribution < 1.29 is 17.9 Å². The zero-order valence-corrected chi connectivity index (χ0v) is 14.7. The van der Waals surface area contributed by atoms with Crippen LogP contribution in [0.25, 0.3) is 0 Å². The summed E-state index contributed by atoms with van der Waals surface area (Å²) >= 11 is 5.85. The minimum absolute atomic E-state index is 0.0205. The zero-order valence-electron chi connectivity index (χ0n) is 13.1. The number of sulfonamides is 1. The Labute approximate surface area is 145 Å². The van der Waals surface area contributed by atoms with Gasteiger partial charge in [0, 0.05) is 5.56 Å². The number of ether oxygens (including phenoxy) is 1. The van der Waals surface area contributed by atoms with Gasteiger partial charge in [0.15, 0.2) is 0 Å². The van der Waals surface area contributed by atoms with E-state index in [4.69, 9.17) is 16.3 Å². The molecule has 0 bridgehead atoms. The first kappa shape index (κ1) is 18.3. The van der Waals surface area contributed by atoms with Gasteiger partial charge in [-0.25, -0.2) is 8.42 Å². The van der Waals surface area contributed by atoms with Gasteiger partial charge in [-0.3, -0.25) is 10.2 Å². The fraction of sp³-hybridized carbons (Fsp3) is 0.188. The molecular weight excluding hydrogens is 352 g/mol. The highest BCUT2D eigenvalue weighted by atomic mass is 35.5. The van der Waals surface area contributed by atoms with Gasteiger partial charge >= 0.3 is 0 Å². The highest BCUT2D eigenvalue weighted by molar-refractivity contribution is 7.89. The Kier molecular flexibility index (Phi) is 5.82. The summed E-state index contributed by atoms with van der Waals surface area (Å²) in [6.45, 7) is 3.79. The minimum atomic E-state index is -3.96. The molecule has 0 heterocycles. The normalized spacial score (nSPS) is 11.3. The van der Waals surface area contributed by atoms with Gasteiger partial charge in [-0.05, 0) is 50.2 Å². The van der Waals surface area contributed by atoms with E-state index in [2.05, 4.69) is 5.43 Å². The lowest BCUT2D eigenvalue weighted by Crippen LogP contribution is -2.41. The van der Waals surface area contributed by atoms with Crippen molar-refractivity contribution in [2.75, 3.05) is 0 Å². The number of carbonyl (C=O) groups excluding carboxylic acids is 1. The largest absolute Gasteiger partial charge is 0.491 e.